The fourth-order valence-corrected chi connectivity index (χ4v) is 3.59. The van der Waals surface area contributed by atoms with Crippen molar-refractivity contribution in [2.24, 2.45) is 10.9 Å². The van der Waals surface area contributed by atoms with Gasteiger partial charge in [0.25, 0.3) is 0 Å². The van der Waals surface area contributed by atoms with E-state index in [2.05, 4.69) is 22.5 Å². The molecule has 0 unspecified atom stereocenters. The monoisotopic (exact) mass is 322 g/mol. The predicted molar refractivity (Wildman–Crippen MR) is 95.6 cm³/mol. The highest BCUT2D eigenvalue weighted by molar-refractivity contribution is 5.85. The molecule has 2 aliphatic carbocycles. The molecule has 0 aromatic rings. The van der Waals surface area contributed by atoms with Crippen molar-refractivity contribution in [1.29, 1.82) is 0 Å². The van der Waals surface area contributed by atoms with Crippen LogP contribution in [0.25, 0.3) is 0 Å². The van der Waals surface area contributed by atoms with Gasteiger partial charge < -0.3 is 15.5 Å². The van der Waals surface area contributed by atoms with Crippen molar-refractivity contribution in [1.82, 2.24) is 15.5 Å². The van der Waals surface area contributed by atoms with Gasteiger partial charge in [-0.1, -0.05) is 26.2 Å². The zero-order valence-electron chi connectivity index (χ0n) is 15.1. The number of nitrogens with zero attached hydrogens (tertiary/aromatic N) is 2. The maximum atomic E-state index is 11.8. The molecule has 0 bridgehead atoms. The average molecular weight is 322 g/mol. The van der Waals surface area contributed by atoms with Crippen LogP contribution < -0.4 is 10.6 Å². The lowest BCUT2D eigenvalue weighted by Gasteiger charge is -2.30. The highest BCUT2D eigenvalue weighted by atomic mass is 16.2. The molecule has 132 valence electrons. The van der Waals surface area contributed by atoms with Crippen molar-refractivity contribution >= 4 is 11.9 Å². The van der Waals surface area contributed by atoms with Gasteiger partial charge in [0.2, 0.25) is 5.91 Å². The van der Waals surface area contributed by atoms with E-state index < -0.39 is 0 Å². The Morgan fingerprint density at radius 3 is 2.09 bits per heavy atom. The van der Waals surface area contributed by atoms with E-state index in [0.29, 0.717) is 12.1 Å². The lowest BCUT2D eigenvalue weighted by molar-refractivity contribution is -0.127. The van der Waals surface area contributed by atoms with Crippen LogP contribution in [0.3, 0.4) is 0 Å². The average Bonchev–Trinajstić information content (AvgIpc) is 3.05. The first-order valence-corrected chi connectivity index (χ1v) is 9.36. The molecular weight excluding hydrogens is 288 g/mol. The number of hydrogen-bond acceptors (Lipinski definition) is 2. The molecule has 0 aromatic heterocycles. The van der Waals surface area contributed by atoms with E-state index in [1.54, 1.807) is 19.0 Å². The Hall–Kier alpha value is -1.26. The molecule has 23 heavy (non-hydrogen) atoms. The number of carbonyl (C=O) groups is 1. The maximum Gasteiger partial charge on any atom is 0.243 e. The molecule has 2 aliphatic rings. The lowest BCUT2D eigenvalue weighted by Crippen LogP contribution is -2.48. The van der Waals surface area contributed by atoms with Crippen LogP contribution in [0.4, 0.5) is 0 Å². The summed E-state index contributed by atoms with van der Waals surface area (Å²) in [5.41, 5.74) is 0. The van der Waals surface area contributed by atoms with Crippen LogP contribution >= 0.6 is 0 Å². The fourth-order valence-electron chi connectivity index (χ4n) is 3.59. The summed E-state index contributed by atoms with van der Waals surface area (Å²) in [5.74, 6) is 1.78. The van der Waals surface area contributed by atoms with Crippen molar-refractivity contribution in [2.75, 3.05) is 20.6 Å². The van der Waals surface area contributed by atoms with Gasteiger partial charge >= 0.3 is 0 Å². The van der Waals surface area contributed by atoms with Crippen molar-refractivity contribution in [2.45, 2.75) is 76.8 Å². The van der Waals surface area contributed by atoms with E-state index in [9.17, 15) is 4.79 Å². The van der Waals surface area contributed by atoms with Crippen LogP contribution in [0.1, 0.15) is 64.7 Å². The number of hydrogen-bond donors (Lipinski definition) is 2. The SMILES string of the molecule is CCC1CCC(NC(=NCC(=O)N(C)C)NC2CCCC2)CC1. The first kappa shape index (κ1) is 18.1. The molecule has 2 fully saturated rings. The van der Waals surface area contributed by atoms with Gasteiger partial charge in [0.15, 0.2) is 5.96 Å². The van der Waals surface area contributed by atoms with E-state index in [1.165, 1.54) is 57.8 Å². The molecule has 0 aliphatic heterocycles. The zero-order valence-corrected chi connectivity index (χ0v) is 15.1. The van der Waals surface area contributed by atoms with E-state index in [1.807, 2.05) is 0 Å². The fraction of sp³-hybridized carbons (Fsp3) is 0.889. The number of amides is 1. The Labute approximate surface area is 141 Å². The van der Waals surface area contributed by atoms with Gasteiger partial charge in [-0.2, -0.15) is 0 Å². The number of likely N-dealkylation sites (N-methyl/N-ethyl adjacent to an activating group) is 1. The molecule has 2 rings (SSSR count). The van der Waals surface area contributed by atoms with Crippen molar-refractivity contribution < 1.29 is 4.79 Å². The predicted octanol–water partition coefficient (Wildman–Crippen LogP) is 2.52. The molecule has 0 aromatic carbocycles. The second kappa shape index (κ2) is 9.14. The van der Waals surface area contributed by atoms with E-state index in [4.69, 9.17) is 0 Å². The smallest absolute Gasteiger partial charge is 0.243 e. The molecular formula is C18H34N4O. The Morgan fingerprint density at radius 1 is 1.00 bits per heavy atom. The zero-order chi connectivity index (χ0) is 16.7. The van der Waals surface area contributed by atoms with Gasteiger partial charge in [-0.3, -0.25) is 4.79 Å². The lowest BCUT2D eigenvalue weighted by atomic mass is 9.84. The van der Waals surface area contributed by atoms with Gasteiger partial charge in [-0.15, -0.1) is 0 Å². The van der Waals surface area contributed by atoms with Crippen LogP contribution in [0.2, 0.25) is 0 Å². The normalized spacial score (nSPS) is 26.1. The molecule has 1 amide bonds. The third-order valence-corrected chi connectivity index (χ3v) is 5.33. The summed E-state index contributed by atoms with van der Waals surface area (Å²) in [6, 6.07) is 1.02. The number of aliphatic imine (C=N–C) groups is 1. The molecule has 5 heteroatoms. The van der Waals surface area contributed by atoms with E-state index >= 15 is 0 Å². The van der Waals surface area contributed by atoms with Gasteiger partial charge in [0.1, 0.15) is 6.54 Å². The van der Waals surface area contributed by atoms with Crippen LogP contribution in [0, 0.1) is 5.92 Å². The number of rotatable bonds is 5. The summed E-state index contributed by atoms with van der Waals surface area (Å²) in [5, 5.41) is 7.14. The molecule has 0 radical (unpaired) electrons. The Bertz CT molecular complexity index is 394. The van der Waals surface area contributed by atoms with Crippen LogP contribution in [0.5, 0.6) is 0 Å². The van der Waals surface area contributed by atoms with Gasteiger partial charge in [0.05, 0.1) is 0 Å². The minimum atomic E-state index is 0.0483. The quantitative estimate of drug-likeness (QED) is 0.604. The minimum absolute atomic E-state index is 0.0483. The summed E-state index contributed by atoms with van der Waals surface area (Å²) < 4.78 is 0. The summed E-state index contributed by atoms with van der Waals surface area (Å²) in [6.07, 6.45) is 11.4. The second-order valence-corrected chi connectivity index (χ2v) is 7.35. The number of carbonyl (C=O) groups excluding carboxylic acids is 1. The third-order valence-electron chi connectivity index (χ3n) is 5.33. The summed E-state index contributed by atoms with van der Waals surface area (Å²) in [4.78, 5) is 18.0. The first-order chi connectivity index (χ1) is 11.1. The van der Waals surface area contributed by atoms with Crippen molar-refractivity contribution in [3.05, 3.63) is 0 Å². The van der Waals surface area contributed by atoms with E-state index in [-0.39, 0.29) is 12.5 Å². The van der Waals surface area contributed by atoms with Crippen LogP contribution in [0.15, 0.2) is 4.99 Å². The molecule has 0 heterocycles. The highest BCUT2D eigenvalue weighted by Gasteiger charge is 2.22. The molecule has 0 atom stereocenters. The van der Waals surface area contributed by atoms with Crippen molar-refractivity contribution in [3.63, 3.8) is 0 Å². The van der Waals surface area contributed by atoms with Gasteiger partial charge in [-0.05, 0) is 44.4 Å². The molecule has 5 nitrogen and oxygen atoms in total. The van der Waals surface area contributed by atoms with Gasteiger partial charge in [-0.25, -0.2) is 4.99 Å². The summed E-state index contributed by atoms with van der Waals surface area (Å²) in [6.45, 7) is 2.51. The topological polar surface area (TPSA) is 56.7 Å². The summed E-state index contributed by atoms with van der Waals surface area (Å²) in [7, 11) is 3.56. The molecule has 2 N–H and O–H groups in total. The van der Waals surface area contributed by atoms with Gasteiger partial charge in [0, 0.05) is 26.2 Å². The van der Waals surface area contributed by atoms with Crippen LogP contribution in [-0.2, 0) is 4.79 Å². The molecule has 0 saturated heterocycles. The van der Waals surface area contributed by atoms with Crippen LogP contribution in [-0.4, -0.2) is 49.5 Å². The molecule has 0 spiro atoms. The minimum Gasteiger partial charge on any atom is -0.354 e. The second-order valence-electron chi connectivity index (χ2n) is 7.35. The Balaban J connectivity index is 1.89. The number of nitrogens with one attached hydrogen (secondary N) is 2. The maximum absolute atomic E-state index is 11.8. The Morgan fingerprint density at radius 2 is 1.57 bits per heavy atom. The Kier molecular flexibility index (Phi) is 7.18. The van der Waals surface area contributed by atoms with E-state index in [0.717, 1.165) is 11.9 Å². The van der Waals surface area contributed by atoms with Crippen molar-refractivity contribution in [3.8, 4) is 0 Å². The summed E-state index contributed by atoms with van der Waals surface area (Å²) >= 11 is 0. The first-order valence-electron chi connectivity index (χ1n) is 9.36. The third kappa shape index (κ3) is 6.04. The standard InChI is InChI=1S/C18H34N4O/c1-4-14-9-11-16(12-10-14)21-18(19-13-17(23)22(2)3)20-15-7-5-6-8-15/h14-16H,4-13H2,1-3H3,(H2,19,20,21). The molecule has 2 saturated carbocycles. The number of guanidine groups is 1. The highest BCUT2D eigenvalue weighted by Crippen LogP contribution is 2.26. The largest absolute Gasteiger partial charge is 0.354 e.